The van der Waals surface area contributed by atoms with Gasteiger partial charge in [-0.3, -0.25) is 4.79 Å². The largest absolute Gasteiger partial charge is 0.497 e. The molecule has 3 N–H and O–H groups in total. The molecule has 0 saturated heterocycles. The Hall–Kier alpha value is -2.05. The van der Waals surface area contributed by atoms with Gasteiger partial charge in [-0.05, 0) is 43.2 Å². The first-order valence-electron chi connectivity index (χ1n) is 7.87. The quantitative estimate of drug-likeness (QED) is 0.866. The number of methoxy groups -OCH3 is 1. The van der Waals surface area contributed by atoms with Crippen LogP contribution in [0, 0.1) is 0 Å². The van der Waals surface area contributed by atoms with E-state index in [1.807, 2.05) is 36.5 Å². The van der Waals surface area contributed by atoms with Gasteiger partial charge in [-0.2, -0.15) is 5.10 Å². The summed E-state index contributed by atoms with van der Waals surface area (Å²) in [6.07, 6.45) is 5.45. The molecular weight excluding hydrogens is 328 g/mol. The Bertz CT molecular complexity index is 678. The van der Waals surface area contributed by atoms with Crippen molar-refractivity contribution >= 4 is 18.3 Å². The minimum atomic E-state index is -0.696. The molecule has 1 aromatic heterocycles. The first-order valence-corrected chi connectivity index (χ1v) is 7.87. The predicted octanol–water partition coefficient (Wildman–Crippen LogP) is 2.19. The summed E-state index contributed by atoms with van der Waals surface area (Å²) < 4.78 is 6.92. The molecule has 1 amide bonds. The minimum Gasteiger partial charge on any atom is -0.497 e. The van der Waals surface area contributed by atoms with Crippen molar-refractivity contribution < 1.29 is 9.53 Å². The van der Waals surface area contributed by atoms with E-state index >= 15 is 0 Å². The van der Waals surface area contributed by atoms with Gasteiger partial charge in [0.05, 0.1) is 30.6 Å². The van der Waals surface area contributed by atoms with E-state index < -0.39 is 5.54 Å². The Morgan fingerprint density at radius 2 is 1.96 bits per heavy atom. The third-order valence-corrected chi connectivity index (χ3v) is 4.36. The monoisotopic (exact) mass is 350 g/mol. The first-order chi connectivity index (χ1) is 11.1. The second-order valence-corrected chi connectivity index (χ2v) is 6.00. The fourth-order valence-electron chi connectivity index (χ4n) is 2.91. The van der Waals surface area contributed by atoms with Crippen molar-refractivity contribution in [3.8, 4) is 11.4 Å². The number of amides is 1. The van der Waals surface area contributed by atoms with Gasteiger partial charge >= 0.3 is 0 Å². The highest BCUT2D eigenvalue weighted by Gasteiger charge is 2.36. The molecule has 1 heterocycles. The average Bonchev–Trinajstić information content (AvgIpc) is 3.22. The lowest BCUT2D eigenvalue weighted by atomic mass is 9.98. The second-order valence-electron chi connectivity index (χ2n) is 6.00. The summed E-state index contributed by atoms with van der Waals surface area (Å²) in [4.78, 5) is 12.2. The number of nitrogens with one attached hydrogen (secondary N) is 1. The summed E-state index contributed by atoms with van der Waals surface area (Å²) in [5.74, 6) is 0.729. The van der Waals surface area contributed by atoms with Gasteiger partial charge in [0.1, 0.15) is 5.75 Å². The Balaban J connectivity index is 0.00000208. The summed E-state index contributed by atoms with van der Waals surface area (Å²) in [6.45, 7) is 0.390. The molecule has 130 valence electrons. The SMILES string of the molecule is COc1ccc(-n2ccc(CNC(=O)C3(N)CCCC3)n2)cc1.Cl. The van der Waals surface area contributed by atoms with Crippen molar-refractivity contribution in [3.63, 3.8) is 0 Å². The van der Waals surface area contributed by atoms with E-state index in [0.29, 0.717) is 6.54 Å². The zero-order valence-corrected chi connectivity index (χ0v) is 14.5. The van der Waals surface area contributed by atoms with Crippen molar-refractivity contribution in [2.45, 2.75) is 37.8 Å². The third kappa shape index (κ3) is 3.88. The van der Waals surface area contributed by atoms with Gasteiger partial charge in [-0.15, -0.1) is 12.4 Å². The van der Waals surface area contributed by atoms with Crippen molar-refractivity contribution in [3.05, 3.63) is 42.2 Å². The number of carbonyl (C=O) groups is 1. The lowest BCUT2D eigenvalue weighted by molar-refractivity contribution is -0.126. The summed E-state index contributed by atoms with van der Waals surface area (Å²) in [6, 6.07) is 9.53. The van der Waals surface area contributed by atoms with Gasteiger partial charge < -0.3 is 15.8 Å². The molecule has 0 radical (unpaired) electrons. The number of hydrogen-bond acceptors (Lipinski definition) is 4. The van der Waals surface area contributed by atoms with Crippen LogP contribution >= 0.6 is 12.4 Å². The van der Waals surface area contributed by atoms with Crippen molar-refractivity contribution in [2.75, 3.05) is 7.11 Å². The lowest BCUT2D eigenvalue weighted by Crippen LogP contribution is -2.51. The van der Waals surface area contributed by atoms with Crippen LogP contribution in [-0.4, -0.2) is 28.3 Å². The Morgan fingerprint density at radius 3 is 2.58 bits per heavy atom. The van der Waals surface area contributed by atoms with Gasteiger partial charge in [-0.25, -0.2) is 4.68 Å². The topological polar surface area (TPSA) is 82.2 Å². The van der Waals surface area contributed by atoms with Crippen LogP contribution in [-0.2, 0) is 11.3 Å². The molecule has 2 aromatic rings. The highest BCUT2D eigenvalue weighted by atomic mass is 35.5. The zero-order chi connectivity index (χ0) is 16.3. The van der Waals surface area contributed by atoms with E-state index in [0.717, 1.165) is 42.8 Å². The minimum absolute atomic E-state index is 0. The van der Waals surface area contributed by atoms with E-state index in [2.05, 4.69) is 10.4 Å². The van der Waals surface area contributed by atoms with E-state index in [-0.39, 0.29) is 18.3 Å². The van der Waals surface area contributed by atoms with Crippen LogP contribution in [0.4, 0.5) is 0 Å². The van der Waals surface area contributed by atoms with Gasteiger partial charge in [0, 0.05) is 6.20 Å². The van der Waals surface area contributed by atoms with Crippen molar-refractivity contribution in [2.24, 2.45) is 5.73 Å². The molecule has 7 heteroatoms. The first kappa shape index (κ1) is 18.3. The zero-order valence-electron chi connectivity index (χ0n) is 13.7. The molecule has 0 aliphatic heterocycles. The van der Waals surface area contributed by atoms with Crippen LogP contribution < -0.4 is 15.8 Å². The average molecular weight is 351 g/mol. The lowest BCUT2D eigenvalue weighted by Gasteiger charge is -2.21. The van der Waals surface area contributed by atoms with Crippen LogP contribution in [0.5, 0.6) is 5.75 Å². The predicted molar refractivity (Wildman–Crippen MR) is 94.6 cm³/mol. The summed E-state index contributed by atoms with van der Waals surface area (Å²) in [7, 11) is 1.64. The Morgan fingerprint density at radius 1 is 1.29 bits per heavy atom. The van der Waals surface area contributed by atoms with Crippen LogP contribution in [0.15, 0.2) is 36.5 Å². The summed E-state index contributed by atoms with van der Waals surface area (Å²) in [5.41, 5.74) is 7.19. The number of ether oxygens (including phenoxy) is 1. The summed E-state index contributed by atoms with van der Waals surface area (Å²) >= 11 is 0. The van der Waals surface area contributed by atoms with Crippen LogP contribution in [0.2, 0.25) is 0 Å². The molecule has 1 fully saturated rings. The van der Waals surface area contributed by atoms with Gasteiger partial charge in [0.15, 0.2) is 0 Å². The number of carbonyl (C=O) groups excluding carboxylic acids is 1. The van der Waals surface area contributed by atoms with Crippen LogP contribution in [0.25, 0.3) is 5.69 Å². The molecule has 1 saturated carbocycles. The van der Waals surface area contributed by atoms with Gasteiger partial charge in [0.25, 0.3) is 0 Å². The van der Waals surface area contributed by atoms with Gasteiger partial charge in [0.2, 0.25) is 5.91 Å². The molecule has 1 aromatic carbocycles. The number of hydrogen-bond donors (Lipinski definition) is 2. The smallest absolute Gasteiger partial charge is 0.240 e. The number of aromatic nitrogens is 2. The molecule has 1 aliphatic rings. The molecule has 0 bridgehead atoms. The Kier molecular flexibility index (Phi) is 5.85. The van der Waals surface area contributed by atoms with E-state index in [9.17, 15) is 4.79 Å². The second kappa shape index (κ2) is 7.68. The molecule has 6 nitrogen and oxygen atoms in total. The van der Waals surface area contributed by atoms with Gasteiger partial charge in [-0.1, -0.05) is 12.8 Å². The molecule has 1 aliphatic carbocycles. The highest BCUT2D eigenvalue weighted by Crippen LogP contribution is 2.27. The van der Waals surface area contributed by atoms with Crippen molar-refractivity contribution in [1.82, 2.24) is 15.1 Å². The maximum absolute atomic E-state index is 12.2. The number of nitrogens with two attached hydrogens (primary N) is 1. The van der Waals surface area contributed by atoms with E-state index in [1.54, 1.807) is 11.8 Å². The normalized spacial score (nSPS) is 15.6. The fraction of sp³-hybridized carbons (Fsp3) is 0.412. The molecular formula is C17H23ClN4O2. The van der Waals surface area contributed by atoms with E-state index in [1.165, 1.54) is 0 Å². The number of nitrogens with zero attached hydrogens (tertiary/aromatic N) is 2. The summed E-state index contributed by atoms with van der Waals surface area (Å²) in [5, 5.41) is 7.38. The van der Waals surface area contributed by atoms with E-state index in [4.69, 9.17) is 10.5 Å². The third-order valence-electron chi connectivity index (χ3n) is 4.36. The standard InChI is InChI=1S/C17H22N4O2.ClH/c1-23-15-6-4-14(5-7-15)21-11-8-13(20-21)12-19-16(22)17(18)9-2-3-10-17;/h4-8,11H,2-3,9-10,12,18H2,1H3,(H,19,22);1H. The molecule has 24 heavy (non-hydrogen) atoms. The fourth-order valence-corrected chi connectivity index (χ4v) is 2.91. The highest BCUT2D eigenvalue weighted by molar-refractivity contribution is 5.86. The molecule has 0 atom stereocenters. The molecule has 0 spiro atoms. The number of benzene rings is 1. The van der Waals surface area contributed by atoms with Crippen LogP contribution in [0.1, 0.15) is 31.4 Å². The number of rotatable bonds is 5. The van der Waals surface area contributed by atoms with Crippen LogP contribution in [0.3, 0.4) is 0 Å². The van der Waals surface area contributed by atoms with Crippen molar-refractivity contribution in [1.29, 1.82) is 0 Å². The molecule has 3 rings (SSSR count). The number of halogens is 1. The maximum Gasteiger partial charge on any atom is 0.240 e. The molecule has 0 unspecified atom stereocenters. The Labute approximate surface area is 147 Å². The maximum atomic E-state index is 12.2.